The zero-order chi connectivity index (χ0) is 31.3. The van der Waals surface area contributed by atoms with Gasteiger partial charge in [0.25, 0.3) is 11.8 Å². The Morgan fingerprint density at radius 1 is 0.889 bits per heavy atom. The predicted molar refractivity (Wildman–Crippen MR) is 172 cm³/mol. The molecule has 0 radical (unpaired) electrons. The van der Waals surface area contributed by atoms with Crippen LogP contribution in [-0.2, 0) is 6.54 Å². The first kappa shape index (κ1) is 30.0. The average molecular weight is 604 g/mol. The summed E-state index contributed by atoms with van der Waals surface area (Å²) in [4.78, 5) is 22.1. The van der Waals surface area contributed by atoms with Crippen LogP contribution < -0.4 is 9.47 Å². The highest BCUT2D eigenvalue weighted by atomic mass is 16.5. The maximum atomic E-state index is 13.9. The van der Waals surface area contributed by atoms with E-state index in [9.17, 15) is 4.79 Å². The number of hydrogen-bond acceptors (Lipinski definition) is 8. The Kier molecular flexibility index (Phi) is 8.89. The monoisotopic (exact) mass is 603 g/mol. The van der Waals surface area contributed by atoms with Crippen molar-refractivity contribution >= 4 is 5.91 Å². The summed E-state index contributed by atoms with van der Waals surface area (Å²) < 4.78 is 18.9. The fourth-order valence-electron chi connectivity index (χ4n) is 5.51. The summed E-state index contributed by atoms with van der Waals surface area (Å²) in [6, 6.07) is 27.1. The first-order valence-electron chi connectivity index (χ1n) is 15.2. The molecule has 0 saturated heterocycles. The van der Waals surface area contributed by atoms with Crippen molar-refractivity contribution in [1.29, 1.82) is 0 Å². The van der Waals surface area contributed by atoms with Gasteiger partial charge in [0, 0.05) is 49.6 Å². The Labute approximate surface area is 263 Å². The zero-order valence-corrected chi connectivity index (χ0v) is 26.0. The molecule has 2 aromatic heterocycles. The summed E-state index contributed by atoms with van der Waals surface area (Å²) >= 11 is 0. The molecule has 230 valence electrons. The third kappa shape index (κ3) is 6.89. The normalized spacial score (nSPS) is 16.7. The first-order chi connectivity index (χ1) is 21.9. The van der Waals surface area contributed by atoms with E-state index in [0.717, 1.165) is 29.2 Å². The number of carbonyl (C=O) groups excluding carboxylic acids is 1. The van der Waals surface area contributed by atoms with Gasteiger partial charge in [0.15, 0.2) is 0 Å². The maximum absolute atomic E-state index is 13.9. The summed E-state index contributed by atoms with van der Waals surface area (Å²) in [6.07, 6.45) is 3.14. The van der Waals surface area contributed by atoms with E-state index in [4.69, 9.17) is 13.9 Å². The highest BCUT2D eigenvalue weighted by Gasteiger charge is 2.34. The van der Waals surface area contributed by atoms with E-state index in [-0.39, 0.29) is 24.0 Å². The number of aromatic nitrogens is 3. The fraction of sp³-hybridized carbons (Fsp3) is 0.278. The minimum atomic E-state index is -0.215. The van der Waals surface area contributed by atoms with Crippen LogP contribution in [0.15, 0.2) is 102 Å². The Morgan fingerprint density at radius 3 is 2.31 bits per heavy atom. The number of nitrogens with zero attached hydrogens (tertiary/aromatic N) is 5. The lowest BCUT2D eigenvalue weighted by Crippen LogP contribution is -2.48. The van der Waals surface area contributed by atoms with Gasteiger partial charge in [0.05, 0.1) is 11.1 Å². The number of likely N-dealkylation sites (N-methyl/N-ethyl adjacent to an activating group) is 1. The molecular formula is C36H37N5O4. The van der Waals surface area contributed by atoms with Crippen molar-refractivity contribution in [3.05, 3.63) is 108 Å². The zero-order valence-electron chi connectivity index (χ0n) is 26.0. The van der Waals surface area contributed by atoms with E-state index < -0.39 is 0 Å². The Morgan fingerprint density at radius 2 is 1.58 bits per heavy atom. The molecule has 1 aliphatic rings. The molecule has 0 saturated carbocycles. The van der Waals surface area contributed by atoms with Crippen LogP contribution in [-0.4, -0.2) is 63.2 Å². The molecule has 0 unspecified atom stereocenters. The first-order valence-corrected chi connectivity index (χ1v) is 15.2. The highest BCUT2D eigenvalue weighted by Crippen LogP contribution is 2.38. The smallest absolute Gasteiger partial charge is 0.257 e. The molecule has 45 heavy (non-hydrogen) atoms. The van der Waals surface area contributed by atoms with Crippen molar-refractivity contribution in [3.8, 4) is 40.2 Å². The number of pyridine rings is 1. The second-order valence-corrected chi connectivity index (χ2v) is 11.8. The van der Waals surface area contributed by atoms with E-state index in [1.54, 1.807) is 12.4 Å². The number of para-hydroxylation sites is 2. The van der Waals surface area contributed by atoms with Crippen molar-refractivity contribution in [3.63, 3.8) is 0 Å². The maximum Gasteiger partial charge on any atom is 0.257 e. The van der Waals surface area contributed by atoms with Crippen LogP contribution in [0.2, 0.25) is 0 Å². The van der Waals surface area contributed by atoms with Crippen molar-refractivity contribution < 1.29 is 18.7 Å². The largest absolute Gasteiger partial charge is 0.487 e. The molecular weight excluding hydrogens is 566 g/mol. The van der Waals surface area contributed by atoms with Crippen molar-refractivity contribution in [2.24, 2.45) is 5.92 Å². The number of amides is 1. The molecule has 1 amide bonds. The van der Waals surface area contributed by atoms with Crippen LogP contribution in [0.5, 0.6) is 17.2 Å². The molecule has 5 aromatic rings. The summed E-state index contributed by atoms with van der Waals surface area (Å²) in [5, 5.41) is 8.60. The molecule has 1 aliphatic heterocycles. The molecule has 9 nitrogen and oxygen atoms in total. The van der Waals surface area contributed by atoms with Gasteiger partial charge in [-0.15, -0.1) is 10.2 Å². The predicted octanol–water partition coefficient (Wildman–Crippen LogP) is 6.97. The van der Waals surface area contributed by atoms with Crippen LogP contribution in [0.1, 0.15) is 36.7 Å². The van der Waals surface area contributed by atoms with Crippen LogP contribution >= 0.6 is 0 Å². The Hall–Kier alpha value is -5.02. The standard InChI is InChI=1S/C36H37N5O4/c1-24(2)41-21-25(3)32(23-40(4)22-26-13-15-29(16-14-26)43-28-9-6-5-7-10-28)44-33-30(11-8-12-31(33)36(41)42)35-39-38-34(45-35)27-17-19-37-20-18-27/h5-20,24-25,32H,21-23H2,1-4H3/t25-,32+/m0/s1. The molecule has 0 bridgehead atoms. The summed E-state index contributed by atoms with van der Waals surface area (Å²) in [5.74, 6) is 2.70. The third-order valence-electron chi connectivity index (χ3n) is 7.95. The van der Waals surface area contributed by atoms with Gasteiger partial charge in [-0.1, -0.05) is 43.3 Å². The fourth-order valence-corrected chi connectivity index (χ4v) is 5.51. The van der Waals surface area contributed by atoms with Gasteiger partial charge in [0.1, 0.15) is 23.4 Å². The number of ether oxygens (including phenoxy) is 2. The van der Waals surface area contributed by atoms with Crippen LogP contribution in [0, 0.1) is 5.92 Å². The summed E-state index contributed by atoms with van der Waals surface area (Å²) in [7, 11) is 2.08. The lowest BCUT2D eigenvalue weighted by Gasteiger charge is -2.38. The number of carbonyl (C=O) groups is 1. The van der Waals surface area contributed by atoms with Crippen LogP contribution in [0.4, 0.5) is 0 Å². The Balaban J connectivity index is 1.25. The van der Waals surface area contributed by atoms with Gasteiger partial charge in [-0.25, -0.2) is 0 Å². The van der Waals surface area contributed by atoms with E-state index in [2.05, 4.69) is 46.2 Å². The quantitative estimate of drug-likeness (QED) is 0.178. The van der Waals surface area contributed by atoms with Gasteiger partial charge in [-0.3, -0.25) is 14.7 Å². The Bertz CT molecular complexity index is 1720. The molecule has 0 fully saturated rings. The van der Waals surface area contributed by atoms with E-state index in [1.807, 2.05) is 91.5 Å². The minimum absolute atomic E-state index is 0.0197. The average Bonchev–Trinajstić information content (AvgIpc) is 3.54. The van der Waals surface area contributed by atoms with Gasteiger partial charge in [0.2, 0.25) is 5.89 Å². The number of rotatable bonds is 9. The minimum Gasteiger partial charge on any atom is -0.487 e. The van der Waals surface area contributed by atoms with Gasteiger partial charge < -0.3 is 18.8 Å². The lowest BCUT2D eigenvalue weighted by molar-refractivity contribution is 0.0432. The van der Waals surface area contributed by atoms with Gasteiger partial charge in [-0.05, 0) is 75.0 Å². The molecule has 0 spiro atoms. The van der Waals surface area contributed by atoms with Crippen molar-refractivity contribution in [1.82, 2.24) is 25.0 Å². The van der Waals surface area contributed by atoms with Gasteiger partial charge >= 0.3 is 0 Å². The number of hydrogen-bond donors (Lipinski definition) is 0. The third-order valence-corrected chi connectivity index (χ3v) is 7.95. The lowest BCUT2D eigenvalue weighted by atomic mass is 9.98. The van der Waals surface area contributed by atoms with E-state index in [1.165, 1.54) is 0 Å². The molecule has 3 aromatic carbocycles. The summed E-state index contributed by atoms with van der Waals surface area (Å²) in [5.41, 5.74) is 3.00. The highest BCUT2D eigenvalue weighted by molar-refractivity contribution is 5.99. The van der Waals surface area contributed by atoms with E-state index >= 15 is 0 Å². The number of fused-ring (bicyclic) bond motifs is 1. The molecule has 9 heteroatoms. The molecule has 2 atom stereocenters. The van der Waals surface area contributed by atoms with Crippen LogP contribution in [0.25, 0.3) is 22.9 Å². The second kappa shape index (κ2) is 13.3. The SMILES string of the molecule is CC(C)N1C[C@H](C)[C@@H](CN(C)Cc2ccc(Oc3ccccc3)cc2)Oc2c(cccc2-c2nnc(-c3ccncc3)o2)C1=O. The topological polar surface area (TPSA) is 93.8 Å². The second-order valence-electron chi connectivity index (χ2n) is 11.8. The van der Waals surface area contributed by atoms with Crippen LogP contribution in [0.3, 0.4) is 0 Å². The molecule has 0 N–H and O–H groups in total. The van der Waals surface area contributed by atoms with Crippen molar-refractivity contribution in [2.75, 3.05) is 20.1 Å². The number of benzene rings is 3. The summed E-state index contributed by atoms with van der Waals surface area (Å²) in [6.45, 7) is 8.17. The molecule has 6 rings (SSSR count). The molecule has 3 heterocycles. The van der Waals surface area contributed by atoms with Crippen molar-refractivity contribution in [2.45, 2.75) is 39.5 Å². The molecule has 0 aliphatic carbocycles. The van der Waals surface area contributed by atoms with Gasteiger partial charge in [-0.2, -0.15) is 0 Å². The van der Waals surface area contributed by atoms with E-state index in [0.29, 0.717) is 41.7 Å².